The molecule has 2 heterocycles. The summed E-state index contributed by atoms with van der Waals surface area (Å²) in [5.41, 5.74) is 2.62. The molecule has 110 valence electrons. The lowest BCUT2D eigenvalue weighted by molar-refractivity contribution is 0.254. The van der Waals surface area contributed by atoms with Crippen LogP contribution in [0.15, 0.2) is 24.0 Å². The highest BCUT2D eigenvalue weighted by Crippen LogP contribution is 2.26. The van der Waals surface area contributed by atoms with E-state index in [-0.39, 0.29) is 5.56 Å². The molecule has 0 aromatic carbocycles. The smallest absolute Gasteiger partial charge is 0.251 e. The van der Waals surface area contributed by atoms with Crippen molar-refractivity contribution in [1.82, 2.24) is 9.88 Å². The molecule has 1 aliphatic heterocycles. The van der Waals surface area contributed by atoms with E-state index in [0.29, 0.717) is 5.92 Å². The summed E-state index contributed by atoms with van der Waals surface area (Å²) in [5.74, 6) is 0.363. The lowest BCUT2D eigenvalue weighted by Crippen LogP contribution is -2.31. The van der Waals surface area contributed by atoms with Crippen LogP contribution in [0.25, 0.3) is 12.2 Å². The van der Waals surface area contributed by atoms with Crippen LogP contribution >= 0.6 is 0 Å². The quantitative estimate of drug-likeness (QED) is 0.916. The molecule has 0 aliphatic carbocycles. The maximum absolute atomic E-state index is 12.1. The van der Waals surface area contributed by atoms with Crippen molar-refractivity contribution in [2.45, 2.75) is 32.6 Å². The molecule has 3 nitrogen and oxygen atoms in total. The van der Waals surface area contributed by atoms with Gasteiger partial charge in [-0.2, -0.15) is 0 Å². The second-order valence-corrected chi connectivity index (χ2v) is 4.91. The SMILES string of the molecule is C=Cc1cc(C2CCN(C)CC2)c(=O)[nH]c1C=C.CC. The van der Waals surface area contributed by atoms with Crippen LogP contribution in [0.4, 0.5) is 0 Å². The largest absolute Gasteiger partial charge is 0.322 e. The Labute approximate surface area is 122 Å². The molecule has 1 fully saturated rings. The van der Waals surface area contributed by atoms with Crippen LogP contribution in [-0.2, 0) is 0 Å². The number of hydrogen-bond donors (Lipinski definition) is 1. The van der Waals surface area contributed by atoms with Crippen molar-refractivity contribution in [3.8, 4) is 0 Å². The normalized spacial score (nSPS) is 16.1. The summed E-state index contributed by atoms with van der Waals surface area (Å²) >= 11 is 0. The Balaban J connectivity index is 0.000000956. The average Bonchev–Trinajstić information content (AvgIpc) is 2.50. The first-order valence-electron chi connectivity index (χ1n) is 7.36. The molecule has 20 heavy (non-hydrogen) atoms. The summed E-state index contributed by atoms with van der Waals surface area (Å²) < 4.78 is 0. The van der Waals surface area contributed by atoms with E-state index in [0.717, 1.165) is 42.8 Å². The topological polar surface area (TPSA) is 36.1 Å². The van der Waals surface area contributed by atoms with Gasteiger partial charge >= 0.3 is 0 Å². The number of rotatable bonds is 3. The Kier molecular flexibility index (Phi) is 6.46. The number of nitrogens with one attached hydrogen (secondary N) is 1. The molecule has 1 aromatic rings. The van der Waals surface area contributed by atoms with E-state index < -0.39 is 0 Å². The second kappa shape index (κ2) is 7.85. The lowest BCUT2D eigenvalue weighted by Gasteiger charge is -2.28. The number of aromatic nitrogens is 1. The van der Waals surface area contributed by atoms with Crippen LogP contribution in [0.1, 0.15) is 49.4 Å². The number of piperidine rings is 1. The molecule has 0 radical (unpaired) electrons. The highest BCUT2D eigenvalue weighted by molar-refractivity contribution is 5.61. The number of hydrogen-bond acceptors (Lipinski definition) is 2. The summed E-state index contributed by atoms with van der Waals surface area (Å²) in [6.07, 6.45) is 5.52. The minimum atomic E-state index is 0.0186. The first-order valence-corrected chi connectivity index (χ1v) is 7.36. The minimum Gasteiger partial charge on any atom is -0.322 e. The van der Waals surface area contributed by atoms with Gasteiger partial charge in [-0.15, -0.1) is 0 Å². The number of pyridine rings is 1. The first kappa shape index (κ1) is 16.4. The molecule has 0 saturated carbocycles. The zero-order valence-electron chi connectivity index (χ0n) is 12.9. The molecule has 1 aliphatic rings. The molecular weight excluding hydrogens is 248 g/mol. The molecule has 3 heteroatoms. The van der Waals surface area contributed by atoms with Crippen LogP contribution in [0.3, 0.4) is 0 Å². The van der Waals surface area contributed by atoms with Crippen LogP contribution in [0.5, 0.6) is 0 Å². The third kappa shape index (κ3) is 3.70. The second-order valence-electron chi connectivity index (χ2n) is 4.91. The zero-order valence-corrected chi connectivity index (χ0v) is 12.9. The summed E-state index contributed by atoms with van der Waals surface area (Å²) in [5, 5.41) is 0. The van der Waals surface area contributed by atoms with E-state index >= 15 is 0 Å². The van der Waals surface area contributed by atoms with Gasteiger partial charge in [-0.3, -0.25) is 4.79 Å². The van der Waals surface area contributed by atoms with Gasteiger partial charge in [0.05, 0.1) is 0 Å². The van der Waals surface area contributed by atoms with Gasteiger partial charge < -0.3 is 9.88 Å². The van der Waals surface area contributed by atoms with Gasteiger partial charge in [-0.05, 0) is 56.6 Å². The van der Waals surface area contributed by atoms with Crippen molar-refractivity contribution < 1.29 is 0 Å². The molecule has 0 spiro atoms. The van der Waals surface area contributed by atoms with Gasteiger partial charge in [0, 0.05) is 11.3 Å². The molecule has 0 atom stereocenters. The van der Waals surface area contributed by atoms with Crippen molar-refractivity contribution in [3.63, 3.8) is 0 Å². The monoisotopic (exact) mass is 274 g/mol. The molecule has 0 unspecified atom stereocenters. The molecule has 0 amide bonds. The summed E-state index contributed by atoms with van der Waals surface area (Å²) in [7, 11) is 2.12. The molecule has 1 saturated heterocycles. The van der Waals surface area contributed by atoms with Crippen molar-refractivity contribution in [3.05, 3.63) is 46.4 Å². The Morgan fingerprint density at radius 3 is 2.35 bits per heavy atom. The fourth-order valence-corrected chi connectivity index (χ4v) is 2.54. The molecule has 2 rings (SSSR count). The van der Waals surface area contributed by atoms with E-state index in [1.165, 1.54) is 0 Å². The fourth-order valence-electron chi connectivity index (χ4n) is 2.54. The van der Waals surface area contributed by atoms with Crippen molar-refractivity contribution >= 4 is 12.2 Å². The maximum Gasteiger partial charge on any atom is 0.251 e. The maximum atomic E-state index is 12.1. The number of aromatic amines is 1. The van der Waals surface area contributed by atoms with Crippen molar-refractivity contribution in [1.29, 1.82) is 0 Å². The van der Waals surface area contributed by atoms with Crippen molar-refractivity contribution in [2.24, 2.45) is 0 Å². The molecular formula is C17H26N2O. The minimum absolute atomic E-state index is 0.0186. The third-order valence-electron chi connectivity index (χ3n) is 3.71. The summed E-state index contributed by atoms with van der Waals surface area (Å²) in [4.78, 5) is 17.3. The van der Waals surface area contributed by atoms with Gasteiger partial charge in [-0.1, -0.05) is 33.1 Å². The van der Waals surface area contributed by atoms with Gasteiger partial charge in [0.1, 0.15) is 0 Å². The lowest BCUT2D eigenvalue weighted by atomic mass is 9.89. The zero-order chi connectivity index (χ0) is 15.1. The highest BCUT2D eigenvalue weighted by Gasteiger charge is 2.21. The van der Waals surface area contributed by atoms with Gasteiger partial charge in [-0.25, -0.2) is 0 Å². The van der Waals surface area contributed by atoms with Gasteiger partial charge in [0.15, 0.2) is 0 Å². The standard InChI is InChI=1S/C15H20N2O.C2H6/c1-4-11-10-13(15(18)16-14(11)5-2)12-6-8-17(3)9-7-12;1-2/h4-5,10,12H,1-2,6-9H2,3H3,(H,16,18);1-2H3. The number of likely N-dealkylation sites (tertiary alicyclic amines) is 1. The third-order valence-corrected chi connectivity index (χ3v) is 3.71. The molecule has 1 N–H and O–H groups in total. The van der Waals surface area contributed by atoms with Crippen molar-refractivity contribution in [2.75, 3.05) is 20.1 Å². The van der Waals surface area contributed by atoms with Gasteiger partial charge in [0.25, 0.3) is 5.56 Å². The van der Waals surface area contributed by atoms with E-state index in [4.69, 9.17) is 0 Å². The van der Waals surface area contributed by atoms with E-state index in [9.17, 15) is 4.79 Å². The first-order chi connectivity index (χ1) is 9.65. The Morgan fingerprint density at radius 2 is 1.85 bits per heavy atom. The average molecular weight is 274 g/mol. The van der Waals surface area contributed by atoms with Crippen LogP contribution < -0.4 is 5.56 Å². The fraction of sp³-hybridized carbons (Fsp3) is 0.471. The summed E-state index contributed by atoms with van der Waals surface area (Å²) in [6, 6.07) is 1.97. The van der Waals surface area contributed by atoms with Gasteiger partial charge in [0.2, 0.25) is 0 Å². The van der Waals surface area contributed by atoms with E-state index in [2.05, 4.69) is 30.1 Å². The predicted octanol–water partition coefficient (Wildman–Crippen LogP) is 3.50. The predicted molar refractivity (Wildman–Crippen MR) is 88.1 cm³/mol. The molecule has 0 bridgehead atoms. The summed E-state index contributed by atoms with van der Waals surface area (Å²) in [6.45, 7) is 13.6. The number of nitrogens with zero attached hydrogens (tertiary/aromatic N) is 1. The molecule has 1 aromatic heterocycles. The van der Waals surface area contributed by atoms with Crippen LogP contribution in [0, 0.1) is 0 Å². The number of H-pyrrole nitrogens is 1. The Hall–Kier alpha value is -1.61. The highest BCUT2D eigenvalue weighted by atomic mass is 16.1. The van der Waals surface area contributed by atoms with E-state index in [1.807, 2.05) is 19.9 Å². The van der Waals surface area contributed by atoms with E-state index in [1.54, 1.807) is 12.2 Å². The Bertz CT molecular complexity index is 508. The van der Waals surface area contributed by atoms with Crippen LogP contribution in [0.2, 0.25) is 0 Å². The Morgan fingerprint density at radius 1 is 1.25 bits per heavy atom. The van der Waals surface area contributed by atoms with Crippen LogP contribution in [-0.4, -0.2) is 30.0 Å².